The average molecular weight is 346 g/mol. The number of aromatic nitrogens is 1. The predicted molar refractivity (Wildman–Crippen MR) is 83.2 cm³/mol. The van der Waals surface area contributed by atoms with Gasteiger partial charge in [-0.3, -0.25) is 4.57 Å². The first kappa shape index (κ1) is 12.2. The lowest BCUT2D eigenvalue weighted by molar-refractivity contribution is 0.376. The SMILES string of the molecule is Oc1c2c(c(O)n1-c1ccc(Br)cc1)C1CCC2C12CC2. The van der Waals surface area contributed by atoms with Crippen LogP contribution in [0, 0.1) is 5.41 Å². The number of rotatable bonds is 1. The van der Waals surface area contributed by atoms with Gasteiger partial charge >= 0.3 is 0 Å². The van der Waals surface area contributed by atoms with Crippen molar-refractivity contribution in [2.24, 2.45) is 5.41 Å². The first-order valence-corrected chi connectivity index (χ1v) is 8.35. The number of hydrogen-bond donors (Lipinski definition) is 2. The van der Waals surface area contributed by atoms with Gasteiger partial charge < -0.3 is 10.2 Å². The monoisotopic (exact) mass is 345 g/mol. The van der Waals surface area contributed by atoms with Crippen molar-refractivity contribution in [1.82, 2.24) is 4.57 Å². The number of aromatic hydroxyl groups is 2. The molecule has 3 nitrogen and oxygen atoms in total. The van der Waals surface area contributed by atoms with Crippen LogP contribution in [0.25, 0.3) is 5.69 Å². The molecule has 2 fully saturated rings. The van der Waals surface area contributed by atoms with Crippen LogP contribution in [0.3, 0.4) is 0 Å². The van der Waals surface area contributed by atoms with Crippen LogP contribution in [0.2, 0.25) is 0 Å². The zero-order valence-electron chi connectivity index (χ0n) is 11.5. The molecule has 0 saturated heterocycles. The highest BCUT2D eigenvalue weighted by Crippen LogP contribution is 2.78. The lowest BCUT2D eigenvalue weighted by Crippen LogP contribution is -2.05. The quantitative estimate of drug-likeness (QED) is 0.804. The summed E-state index contributed by atoms with van der Waals surface area (Å²) in [5.74, 6) is 1.42. The molecule has 1 spiro atoms. The van der Waals surface area contributed by atoms with Crippen LogP contribution in [0.5, 0.6) is 11.8 Å². The normalized spacial score (nSPS) is 27.3. The maximum Gasteiger partial charge on any atom is 0.202 e. The average Bonchev–Trinajstić information content (AvgIpc) is 3.07. The Morgan fingerprint density at radius 3 is 1.95 bits per heavy atom. The molecule has 2 saturated carbocycles. The van der Waals surface area contributed by atoms with E-state index in [0.717, 1.165) is 34.1 Å². The van der Waals surface area contributed by atoms with Crippen molar-refractivity contribution >= 4 is 15.9 Å². The molecule has 5 rings (SSSR count). The Hall–Kier alpha value is -1.42. The van der Waals surface area contributed by atoms with E-state index in [1.807, 2.05) is 24.3 Å². The summed E-state index contributed by atoms with van der Waals surface area (Å²) in [5, 5.41) is 21.5. The van der Waals surface area contributed by atoms with Gasteiger partial charge in [-0.1, -0.05) is 15.9 Å². The third kappa shape index (κ3) is 1.30. The third-order valence-corrected chi connectivity index (χ3v) is 6.47. The molecule has 2 N–H and O–H groups in total. The van der Waals surface area contributed by atoms with E-state index < -0.39 is 0 Å². The summed E-state index contributed by atoms with van der Waals surface area (Å²) in [5.41, 5.74) is 3.26. The molecule has 108 valence electrons. The Morgan fingerprint density at radius 1 is 0.952 bits per heavy atom. The summed E-state index contributed by atoms with van der Waals surface area (Å²) in [6, 6.07) is 7.67. The van der Waals surface area contributed by atoms with Crippen LogP contribution in [0.1, 0.15) is 48.6 Å². The Labute approximate surface area is 131 Å². The molecule has 2 aromatic rings. The van der Waals surface area contributed by atoms with Crippen LogP contribution < -0.4 is 0 Å². The first-order chi connectivity index (χ1) is 10.1. The Kier molecular flexibility index (Phi) is 2.12. The summed E-state index contributed by atoms with van der Waals surface area (Å²) in [6.45, 7) is 0. The minimum Gasteiger partial charge on any atom is -0.494 e. The molecule has 1 heterocycles. The molecule has 2 unspecified atom stereocenters. The van der Waals surface area contributed by atoms with Gasteiger partial charge in [-0.25, -0.2) is 0 Å². The fraction of sp³-hybridized carbons (Fsp3) is 0.412. The van der Waals surface area contributed by atoms with Gasteiger partial charge in [0, 0.05) is 15.6 Å². The van der Waals surface area contributed by atoms with Gasteiger partial charge in [-0.15, -0.1) is 0 Å². The van der Waals surface area contributed by atoms with Gasteiger partial charge in [0.15, 0.2) is 0 Å². The van der Waals surface area contributed by atoms with Crippen molar-refractivity contribution in [2.45, 2.75) is 37.5 Å². The van der Waals surface area contributed by atoms with Gasteiger partial charge in [-0.2, -0.15) is 0 Å². The van der Waals surface area contributed by atoms with Gasteiger partial charge in [0.25, 0.3) is 0 Å². The molecule has 0 amide bonds. The fourth-order valence-electron chi connectivity index (χ4n) is 4.96. The second kappa shape index (κ2) is 3.67. The molecule has 21 heavy (non-hydrogen) atoms. The summed E-state index contributed by atoms with van der Waals surface area (Å²) in [7, 11) is 0. The van der Waals surface area contributed by atoms with Crippen LogP contribution >= 0.6 is 15.9 Å². The second-order valence-electron chi connectivity index (χ2n) is 6.70. The van der Waals surface area contributed by atoms with Crippen LogP contribution in [0.15, 0.2) is 28.7 Å². The highest BCUT2D eigenvalue weighted by atomic mass is 79.9. The number of halogens is 1. The molecular formula is C17H16BrNO2. The zero-order chi connectivity index (χ0) is 14.4. The molecule has 4 heteroatoms. The molecule has 0 aliphatic heterocycles. The standard InChI is InChI=1S/C17H16BrNO2/c18-9-1-3-10(4-2-9)19-15(20)13-11-5-6-12(14(13)16(19)21)17(11)7-8-17/h1-4,11-12,20-21H,5-8H2. The predicted octanol–water partition coefficient (Wildman–Crippen LogP) is 4.41. The van der Waals surface area contributed by atoms with E-state index in [9.17, 15) is 10.2 Å². The lowest BCUT2D eigenvalue weighted by Gasteiger charge is -2.16. The van der Waals surface area contributed by atoms with Crippen molar-refractivity contribution < 1.29 is 10.2 Å². The van der Waals surface area contributed by atoms with E-state index >= 15 is 0 Å². The molecule has 2 bridgehead atoms. The summed E-state index contributed by atoms with van der Waals surface area (Å²) >= 11 is 3.42. The van der Waals surface area contributed by atoms with Crippen LogP contribution in [-0.4, -0.2) is 14.8 Å². The van der Waals surface area contributed by atoms with E-state index in [1.54, 1.807) is 4.57 Å². The second-order valence-corrected chi connectivity index (χ2v) is 7.62. The van der Waals surface area contributed by atoms with E-state index in [4.69, 9.17) is 0 Å². The van der Waals surface area contributed by atoms with Gasteiger partial charge in [0.05, 0.1) is 5.69 Å². The van der Waals surface area contributed by atoms with Crippen LogP contribution in [0.4, 0.5) is 0 Å². The molecule has 3 aliphatic rings. The Bertz CT molecular complexity index is 721. The third-order valence-electron chi connectivity index (χ3n) is 5.94. The molecule has 3 aliphatic carbocycles. The molecule has 1 aromatic heterocycles. The van der Waals surface area contributed by atoms with E-state index in [-0.39, 0.29) is 11.8 Å². The number of fused-ring (bicyclic) bond motifs is 3. The Morgan fingerprint density at radius 2 is 1.48 bits per heavy atom. The lowest BCUT2D eigenvalue weighted by atomic mass is 9.91. The number of nitrogens with zero attached hydrogens (tertiary/aromatic N) is 1. The highest BCUT2D eigenvalue weighted by Gasteiger charge is 2.66. The van der Waals surface area contributed by atoms with E-state index in [0.29, 0.717) is 17.3 Å². The summed E-state index contributed by atoms with van der Waals surface area (Å²) in [6.07, 6.45) is 4.84. The summed E-state index contributed by atoms with van der Waals surface area (Å²) < 4.78 is 2.60. The molecular weight excluding hydrogens is 330 g/mol. The highest BCUT2D eigenvalue weighted by molar-refractivity contribution is 9.10. The minimum atomic E-state index is 0.253. The van der Waals surface area contributed by atoms with Gasteiger partial charge in [0.2, 0.25) is 11.8 Å². The summed E-state index contributed by atoms with van der Waals surface area (Å²) in [4.78, 5) is 0. The number of benzene rings is 1. The number of hydrogen-bond acceptors (Lipinski definition) is 2. The van der Waals surface area contributed by atoms with Crippen molar-refractivity contribution in [1.29, 1.82) is 0 Å². The van der Waals surface area contributed by atoms with E-state index in [2.05, 4.69) is 15.9 Å². The smallest absolute Gasteiger partial charge is 0.202 e. The first-order valence-electron chi connectivity index (χ1n) is 7.56. The molecule has 1 aromatic carbocycles. The van der Waals surface area contributed by atoms with Crippen molar-refractivity contribution in [3.05, 3.63) is 39.9 Å². The van der Waals surface area contributed by atoms with Gasteiger partial charge in [-0.05, 0) is 67.2 Å². The van der Waals surface area contributed by atoms with Crippen molar-refractivity contribution in [2.75, 3.05) is 0 Å². The van der Waals surface area contributed by atoms with Crippen molar-refractivity contribution in [3.8, 4) is 17.4 Å². The fourth-order valence-corrected chi connectivity index (χ4v) is 5.22. The van der Waals surface area contributed by atoms with Gasteiger partial charge in [0.1, 0.15) is 0 Å². The van der Waals surface area contributed by atoms with E-state index in [1.165, 1.54) is 12.8 Å². The zero-order valence-corrected chi connectivity index (χ0v) is 13.1. The minimum absolute atomic E-state index is 0.253. The Balaban J connectivity index is 1.73. The van der Waals surface area contributed by atoms with Crippen molar-refractivity contribution in [3.63, 3.8) is 0 Å². The molecule has 2 atom stereocenters. The maximum absolute atomic E-state index is 10.7. The largest absolute Gasteiger partial charge is 0.494 e. The topological polar surface area (TPSA) is 45.4 Å². The maximum atomic E-state index is 10.7. The molecule has 0 radical (unpaired) electrons. The van der Waals surface area contributed by atoms with Crippen LogP contribution in [-0.2, 0) is 0 Å².